The Labute approximate surface area is 211 Å². The van der Waals surface area contributed by atoms with E-state index in [1.807, 2.05) is 28.0 Å². The van der Waals surface area contributed by atoms with Crippen LogP contribution in [-0.4, -0.2) is 97.1 Å². The van der Waals surface area contributed by atoms with E-state index in [-0.39, 0.29) is 11.8 Å². The van der Waals surface area contributed by atoms with Gasteiger partial charge in [-0.25, -0.2) is 4.98 Å². The van der Waals surface area contributed by atoms with Gasteiger partial charge in [0.05, 0.1) is 38.5 Å². The van der Waals surface area contributed by atoms with E-state index in [2.05, 4.69) is 21.9 Å². The number of rotatable bonds is 7. The number of morpholine rings is 1. The normalized spacial score (nSPS) is 19.4. The Hall–Kier alpha value is -2.33. The fraction of sp³-hybridized carbons (Fsp3) is 0.577. The number of hydrogen-bond donors (Lipinski definition) is 0. The molecule has 1 aromatic carbocycles. The summed E-state index contributed by atoms with van der Waals surface area (Å²) in [6.07, 6.45) is 4.48. The Morgan fingerprint density at radius 2 is 1.60 bits per heavy atom. The molecule has 3 heterocycles. The van der Waals surface area contributed by atoms with Crippen molar-refractivity contribution in [1.29, 1.82) is 0 Å². The molecule has 9 heteroatoms. The Morgan fingerprint density at radius 3 is 2.31 bits per heavy atom. The molecule has 3 aliphatic rings. The lowest BCUT2D eigenvalue weighted by Gasteiger charge is -2.36. The molecule has 35 heavy (non-hydrogen) atoms. The first-order valence-electron chi connectivity index (χ1n) is 12.8. The van der Waals surface area contributed by atoms with Gasteiger partial charge in [-0.1, -0.05) is 30.3 Å². The highest BCUT2D eigenvalue weighted by Gasteiger charge is 2.27. The zero-order valence-electron chi connectivity index (χ0n) is 20.4. The third-order valence-electron chi connectivity index (χ3n) is 7.10. The number of carbonyl (C=O) groups excluding carboxylic acids is 2. The molecule has 0 unspecified atom stereocenters. The van der Waals surface area contributed by atoms with Crippen LogP contribution < -0.4 is 4.90 Å². The van der Waals surface area contributed by atoms with Gasteiger partial charge in [0.1, 0.15) is 0 Å². The third-order valence-corrected chi connectivity index (χ3v) is 8.28. The maximum Gasteiger partial charge on any atom is 0.243 e. The predicted molar refractivity (Wildman–Crippen MR) is 137 cm³/mol. The lowest BCUT2D eigenvalue weighted by Crippen LogP contribution is -2.53. The summed E-state index contributed by atoms with van der Waals surface area (Å²) >= 11 is 1.69. The van der Waals surface area contributed by atoms with Gasteiger partial charge in [0, 0.05) is 44.1 Å². The van der Waals surface area contributed by atoms with Gasteiger partial charge >= 0.3 is 0 Å². The maximum atomic E-state index is 13.6. The van der Waals surface area contributed by atoms with Gasteiger partial charge < -0.3 is 9.64 Å². The fourth-order valence-corrected chi connectivity index (χ4v) is 6.13. The van der Waals surface area contributed by atoms with Crippen molar-refractivity contribution in [2.24, 2.45) is 0 Å². The second-order valence-electron chi connectivity index (χ2n) is 9.58. The summed E-state index contributed by atoms with van der Waals surface area (Å²) < 4.78 is 5.35. The molecular formula is C26H35N5O3S. The molecule has 0 saturated carbocycles. The summed E-state index contributed by atoms with van der Waals surface area (Å²) in [6, 6.07) is 10.2. The summed E-state index contributed by atoms with van der Waals surface area (Å²) in [7, 11) is 0. The maximum absolute atomic E-state index is 13.6. The molecule has 0 atom stereocenters. The summed E-state index contributed by atoms with van der Waals surface area (Å²) in [5.74, 6) is 0.275. The number of anilines is 1. The molecule has 0 bridgehead atoms. The van der Waals surface area contributed by atoms with E-state index < -0.39 is 0 Å². The number of benzene rings is 1. The fourth-order valence-electron chi connectivity index (χ4n) is 4.97. The van der Waals surface area contributed by atoms with Crippen molar-refractivity contribution in [3.63, 3.8) is 0 Å². The molecule has 5 rings (SSSR count). The minimum Gasteiger partial charge on any atom is -0.378 e. The number of aromatic nitrogens is 1. The number of nitrogens with zero attached hydrogens (tertiary/aromatic N) is 5. The highest BCUT2D eigenvalue weighted by atomic mass is 32.1. The molecule has 1 aromatic heterocycles. The minimum atomic E-state index is 0.0952. The first-order valence-corrected chi connectivity index (χ1v) is 13.6. The Morgan fingerprint density at radius 1 is 0.914 bits per heavy atom. The Balaban J connectivity index is 1.19. The molecular weight excluding hydrogens is 462 g/mol. The predicted octanol–water partition coefficient (Wildman–Crippen LogP) is 2.03. The summed E-state index contributed by atoms with van der Waals surface area (Å²) in [5.41, 5.74) is 2.29. The second kappa shape index (κ2) is 11.6. The lowest BCUT2D eigenvalue weighted by molar-refractivity contribution is -0.137. The van der Waals surface area contributed by atoms with Crippen LogP contribution in [0.5, 0.6) is 0 Å². The van der Waals surface area contributed by atoms with Crippen molar-refractivity contribution in [2.75, 3.05) is 70.5 Å². The quantitative estimate of drug-likeness (QED) is 0.583. The van der Waals surface area contributed by atoms with Gasteiger partial charge in [0.2, 0.25) is 11.8 Å². The molecule has 1 aliphatic carbocycles. The van der Waals surface area contributed by atoms with Gasteiger partial charge in [-0.2, -0.15) is 0 Å². The molecule has 2 amide bonds. The van der Waals surface area contributed by atoms with E-state index in [9.17, 15) is 9.59 Å². The van der Waals surface area contributed by atoms with Crippen LogP contribution in [0.3, 0.4) is 0 Å². The average Bonchev–Trinajstić information content (AvgIpc) is 3.33. The van der Waals surface area contributed by atoms with Crippen LogP contribution >= 0.6 is 11.3 Å². The largest absolute Gasteiger partial charge is 0.378 e. The van der Waals surface area contributed by atoms with E-state index in [4.69, 9.17) is 9.72 Å². The third kappa shape index (κ3) is 6.27. The minimum absolute atomic E-state index is 0.0952. The number of amides is 2. The van der Waals surface area contributed by atoms with Crippen LogP contribution in [0.15, 0.2) is 30.3 Å². The summed E-state index contributed by atoms with van der Waals surface area (Å²) in [5, 5.41) is 0.834. The first-order chi connectivity index (χ1) is 17.2. The molecule has 0 N–H and O–H groups in total. The van der Waals surface area contributed by atoms with Crippen LogP contribution in [0, 0.1) is 0 Å². The Bertz CT molecular complexity index is 976. The van der Waals surface area contributed by atoms with Crippen molar-refractivity contribution < 1.29 is 14.3 Å². The average molecular weight is 498 g/mol. The van der Waals surface area contributed by atoms with Crippen molar-refractivity contribution >= 4 is 28.3 Å². The zero-order valence-corrected chi connectivity index (χ0v) is 21.2. The number of ether oxygens (including phenoxy) is 1. The second-order valence-corrected chi connectivity index (χ2v) is 10.6. The first kappa shape index (κ1) is 24.4. The molecule has 0 spiro atoms. The molecule has 2 saturated heterocycles. The highest BCUT2D eigenvalue weighted by molar-refractivity contribution is 7.15. The van der Waals surface area contributed by atoms with E-state index in [0.717, 1.165) is 49.7 Å². The molecule has 2 fully saturated rings. The van der Waals surface area contributed by atoms with Crippen LogP contribution in [0.1, 0.15) is 29.0 Å². The number of hydrogen-bond acceptors (Lipinski definition) is 7. The molecule has 2 aromatic rings. The van der Waals surface area contributed by atoms with Gasteiger partial charge in [0.25, 0.3) is 0 Å². The number of carbonyl (C=O) groups is 2. The monoisotopic (exact) mass is 497 g/mol. The molecule has 2 aliphatic heterocycles. The van der Waals surface area contributed by atoms with Crippen LogP contribution in [0.25, 0.3) is 0 Å². The number of aryl methyl sites for hydroxylation is 2. The Kier molecular flexibility index (Phi) is 8.08. The summed E-state index contributed by atoms with van der Waals surface area (Å²) in [4.78, 5) is 40.6. The van der Waals surface area contributed by atoms with Gasteiger partial charge in [-0.15, -0.1) is 11.3 Å². The van der Waals surface area contributed by atoms with Crippen molar-refractivity contribution in [2.45, 2.75) is 32.2 Å². The molecule has 8 nitrogen and oxygen atoms in total. The van der Waals surface area contributed by atoms with Crippen LogP contribution in [-0.2, 0) is 33.7 Å². The van der Waals surface area contributed by atoms with Crippen molar-refractivity contribution in [1.82, 2.24) is 19.7 Å². The van der Waals surface area contributed by atoms with E-state index in [0.29, 0.717) is 45.9 Å². The number of thiazole rings is 1. The van der Waals surface area contributed by atoms with Gasteiger partial charge in [0.15, 0.2) is 5.13 Å². The zero-order chi connectivity index (χ0) is 24.0. The van der Waals surface area contributed by atoms with E-state index in [1.54, 1.807) is 11.3 Å². The number of fused-ring (bicyclic) bond motifs is 1. The molecule has 0 radical (unpaired) electrons. The smallest absolute Gasteiger partial charge is 0.243 e. The van der Waals surface area contributed by atoms with E-state index in [1.165, 1.54) is 23.4 Å². The van der Waals surface area contributed by atoms with Crippen molar-refractivity contribution in [3.05, 3.63) is 46.5 Å². The van der Waals surface area contributed by atoms with Crippen molar-refractivity contribution in [3.8, 4) is 0 Å². The number of piperazine rings is 1. The summed E-state index contributed by atoms with van der Waals surface area (Å²) in [6.45, 7) is 7.17. The molecule has 188 valence electrons. The topological polar surface area (TPSA) is 69.2 Å². The van der Waals surface area contributed by atoms with Crippen LogP contribution in [0.4, 0.5) is 5.13 Å². The van der Waals surface area contributed by atoms with Crippen LogP contribution in [0.2, 0.25) is 0 Å². The van der Waals surface area contributed by atoms with Gasteiger partial charge in [-0.3, -0.25) is 24.3 Å². The van der Waals surface area contributed by atoms with E-state index >= 15 is 0 Å². The highest BCUT2D eigenvalue weighted by Crippen LogP contribution is 2.32. The standard InChI is InChI=1S/C26H35N5O3S/c32-24(30-14-16-34-17-15-30)19-28-10-12-29(13-11-28)20-25(33)31(18-21-6-2-1-3-7-21)26-27-22-8-4-5-9-23(22)35-26/h1-3,6-7H,4-5,8-20H2. The lowest BCUT2D eigenvalue weighted by atomic mass is 10.0. The SMILES string of the molecule is O=C(CN1CCN(CC(=O)N(Cc2ccccc2)c2nc3c(s2)CCCC3)CC1)N1CCOCC1. The van der Waals surface area contributed by atoms with Gasteiger partial charge in [-0.05, 0) is 31.2 Å².